The van der Waals surface area contributed by atoms with Crippen molar-refractivity contribution in [3.8, 4) is 0 Å². The van der Waals surface area contributed by atoms with Crippen molar-refractivity contribution in [2.45, 2.75) is 38.6 Å². The van der Waals surface area contributed by atoms with Crippen molar-refractivity contribution in [3.63, 3.8) is 0 Å². The van der Waals surface area contributed by atoms with Crippen LogP contribution in [-0.4, -0.2) is 19.8 Å². The average Bonchev–Trinajstić information content (AvgIpc) is 2.81. The minimum atomic E-state index is 0.815. The summed E-state index contributed by atoms with van der Waals surface area (Å²) in [5.41, 5.74) is 0. The molecule has 1 aromatic heterocycles. The number of halogens is 1. The first-order valence-electron chi connectivity index (χ1n) is 6.87. The van der Waals surface area contributed by atoms with Gasteiger partial charge in [0, 0.05) is 24.6 Å². The van der Waals surface area contributed by atoms with Crippen LogP contribution >= 0.6 is 22.9 Å². The third kappa shape index (κ3) is 5.27. The molecular weight excluding hydrogens is 266 g/mol. The normalized spacial score (nSPS) is 17.2. The first-order chi connectivity index (χ1) is 8.84. The van der Waals surface area contributed by atoms with Crippen molar-refractivity contribution in [1.82, 2.24) is 5.32 Å². The molecule has 0 amide bonds. The molecule has 0 radical (unpaired) electrons. The molecule has 1 heterocycles. The summed E-state index contributed by atoms with van der Waals surface area (Å²) in [4.78, 5) is 1.28. The fourth-order valence-corrected chi connectivity index (χ4v) is 3.46. The van der Waals surface area contributed by atoms with E-state index < -0.39 is 0 Å². The second-order valence-corrected chi connectivity index (χ2v) is 6.76. The maximum atomic E-state index is 5.87. The number of thiophene rings is 1. The maximum Gasteiger partial charge on any atom is 0.0931 e. The van der Waals surface area contributed by atoms with Gasteiger partial charge >= 0.3 is 0 Å². The number of rotatable bonds is 7. The Labute approximate surface area is 119 Å². The highest BCUT2D eigenvalue weighted by atomic mass is 35.5. The van der Waals surface area contributed by atoms with Crippen LogP contribution in [0.2, 0.25) is 4.34 Å². The van der Waals surface area contributed by atoms with Gasteiger partial charge in [-0.3, -0.25) is 0 Å². The van der Waals surface area contributed by atoms with Gasteiger partial charge in [0.2, 0.25) is 0 Å². The highest BCUT2D eigenvalue weighted by Gasteiger charge is 2.12. The first kappa shape index (κ1) is 14.3. The van der Waals surface area contributed by atoms with E-state index >= 15 is 0 Å². The lowest BCUT2D eigenvalue weighted by atomic mass is 9.90. The zero-order valence-corrected chi connectivity index (χ0v) is 12.4. The van der Waals surface area contributed by atoms with Crippen LogP contribution in [0.25, 0.3) is 0 Å². The summed E-state index contributed by atoms with van der Waals surface area (Å²) >= 11 is 7.51. The van der Waals surface area contributed by atoms with Crippen LogP contribution in [0.4, 0.5) is 0 Å². The highest BCUT2D eigenvalue weighted by Crippen LogP contribution is 2.23. The maximum absolute atomic E-state index is 5.87. The minimum Gasteiger partial charge on any atom is -0.380 e. The molecule has 1 saturated carbocycles. The molecule has 18 heavy (non-hydrogen) atoms. The lowest BCUT2D eigenvalue weighted by Gasteiger charge is -2.21. The van der Waals surface area contributed by atoms with Crippen molar-refractivity contribution in [3.05, 3.63) is 21.3 Å². The van der Waals surface area contributed by atoms with Crippen LogP contribution in [0, 0.1) is 5.92 Å². The Morgan fingerprint density at radius 2 is 2.11 bits per heavy atom. The fourth-order valence-electron chi connectivity index (χ4n) is 2.41. The Morgan fingerprint density at radius 1 is 1.28 bits per heavy atom. The summed E-state index contributed by atoms with van der Waals surface area (Å²) < 4.78 is 6.59. The summed E-state index contributed by atoms with van der Waals surface area (Å²) in [6.07, 6.45) is 6.93. The lowest BCUT2D eigenvalue weighted by molar-refractivity contribution is 0.0869. The van der Waals surface area contributed by atoms with Crippen molar-refractivity contribution >= 4 is 22.9 Å². The molecule has 102 valence electrons. The van der Waals surface area contributed by atoms with Gasteiger partial charge in [0.15, 0.2) is 0 Å². The molecule has 0 unspecified atom stereocenters. The van der Waals surface area contributed by atoms with Gasteiger partial charge in [0.25, 0.3) is 0 Å². The molecular formula is C14H22ClNOS. The summed E-state index contributed by atoms with van der Waals surface area (Å²) in [5.74, 6) is 0.815. The molecule has 1 aliphatic rings. The van der Waals surface area contributed by atoms with Crippen LogP contribution in [0.3, 0.4) is 0 Å². The predicted octanol–water partition coefficient (Wildman–Crippen LogP) is 4.09. The van der Waals surface area contributed by atoms with Gasteiger partial charge < -0.3 is 10.1 Å². The molecule has 0 spiro atoms. The van der Waals surface area contributed by atoms with Crippen LogP contribution in [0.1, 0.15) is 37.0 Å². The largest absolute Gasteiger partial charge is 0.380 e. The van der Waals surface area contributed by atoms with Crippen LogP contribution < -0.4 is 5.32 Å². The number of nitrogens with one attached hydrogen (secondary N) is 1. The third-order valence-corrected chi connectivity index (χ3v) is 4.66. The average molecular weight is 288 g/mol. The number of ether oxygens (including phenoxy) is 1. The van der Waals surface area contributed by atoms with Crippen molar-refractivity contribution in [2.24, 2.45) is 5.92 Å². The first-order valence-corrected chi connectivity index (χ1v) is 8.07. The summed E-state index contributed by atoms with van der Waals surface area (Å²) in [5, 5.41) is 3.38. The molecule has 4 heteroatoms. The van der Waals surface area contributed by atoms with Crippen molar-refractivity contribution in [2.75, 3.05) is 19.8 Å². The van der Waals surface area contributed by atoms with Crippen molar-refractivity contribution in [1.29, 1.82) is 0 Å². The van der Waals surface area contributed by atoms with Gasteiger partial charge in [0.1, 0.15) is 0 Å². The van der Waals surface area contributed by atoms with E-state index in [0.717, 1.165) is 36.6 Å². The highest BCUT2D eigenvalue weighted by molar-refractivity contribution is 7.16. The standard InChI is InChI=1S/C14H22ClNOS/c15-14-7-6-13(18-14)10-16-8-9-17-11-12-4-2-1-3-5-12/h6-7,12,16H,1-5,8-11H2. The van der Waals surface area contributed by atoms with E-state index in [-0.39, 0.29) is 0 Å². The SMILES string of the molecule is Clc1ccc(CNCCOCC2CCCCC2)s1. The van der Waals surface area contributed by atoms with E-state index in [1.807, 2.05) is 6.07 Å². The van der Waals surface area contributed by atoms with Crippen LogP contribution in [-0.2, 0) is 11.3 Å². The number of hydrogen-bond acceptors (Lipinski definition) is 3. The van der Waals surface area contributed by atoms with Crippen LogP contribution in [0.5, 0.6) is 0 Å². The zero-order chi connectivity index (χ0) is 12.6. The smallest absolute Gasteiger partial charge is 0.0931 e. The van der Waals surface area contributed by atoms with E-state index in [9.17, 15) is 0 Å². The van der Waals surface area contributed by atoms with Crippen molar-refractivity contribution < 1.29 is 4.74 Å². The quantitative estimate of drug-likeness (QED) is 0.763. The molecule has 0 aromatic carbocycles. The van der Waals surface area contributed by atoms with Gasteiger partial charge in [-0.25, -0.2) is 0 Å². The van der Waals surface area contributed by atoms with Gasteiger partial charge in [-0.05, 0) is 30.9 Å². The number of hydrogen-bond donors (Lipinski definition) is 1. The Kier molecular flexibility index (Phi) is 6.49. The molecule has 2 nitrogen and oxygen atoms in total. The Bertz CT molecular complexity index is 336. The third-order valence-electron chi connectivity index (χ3n) is 3.43. The molecule has 2 rings (SSSR count). The van der Waals surface area contributed by atoms with E-state index in [0.29, 0.717) is 0 Å². The van der Waals surface area contributed by atoms with Crippen LogP contribution in [0.15, 0.2) is 12.1 Å². The summed E-state index contributed by atoms with van der Waals surface area (Å²) in [7, 11) is 0. The van der Waals surface area contributed by atoms with E-state index in [2.05, 4.69) is 11.4 Å². The second-order valence-electron chi connectivity index (χ2n) is 4.96. The monoisotopic (exact) mass is 287 g/mol. The predicted molar refractivity (Wildman–Crippen MR) is 78.4 cm³/mol. The Morgan fingerprint density at radius 3 is 2.83 bits per heavy atom. The Balaban J connectivity index is 1.46. The summed E-state index contributed by atoms with van der Waals surface area (Å²) in [6.45, 7) is 3.58. The molecule has 0 bridgehead atoms. The lowest BCUT2D eigenvalue weighted by Crippen LogP contribution is -2.21. The van der Waals surface area contributed by atoms with E-state index in [1.54, 1.807) is 11.3 Å². The fraction of sp³-hybridized carbons (Fsp3) is 0.714. The molecule has 0 atom stereocenters. The molecule has 1 fully saturated rings. The zero-order valence-electron chi connectivity index (χ0n) is 10.8. The van der Waals surface area contributed by atoms with Gasteiger partial charge in [-0.1, -0.05) is 30.9 Å². The molecule has 0 saturated heterocycles. The molecule has 1 aromatic rings. The topological polar surface area (TPSA) is 21.3 Å². The molecule has 1 N–H and O–H groups in total. The van der Waals surface area contributed by atoms with E-state index in [1.165, 1.54) is 37.0 Å². The second kappa shape index (κ2) is 8.16. The van der Waals surface area contributed by atoms with Gasteiger partial charge in [-0.15, -0.1) is 11.3 Å². The van der Waals surface area contributed by atoms with Gasteiger partial charge in [0.05, 0.1) is 10.9 Å². The Hall–Kier alpha value is -0.0900. The molecule has 0 aliphatic heterocycles. The molecule has 1 aliphatic carbocycles. The van der Waals surface area contributed by atoms with E-state index in [4.69, 9.17) is 16.3 Å². The minimum absolute atomic E-state index is 0.815. The van der Waals surface area contributed by atoms with Gasteiger partial charge in [-0.2, -0.15) is 0 Å². The summed E-state index contributed by atoms with van der Waals surface area (Å²) in [6, 6.07) is 4.02.